The number of pyridine rings is 1. The summed E-state index contributed by atoms with van der Waals surface area (Å²) in [7, 11) is 0. The van der Waals surface area contributed by atoms with Gasteiger partial charge in [0.1, 0.15) is 0 Å². The molecule has 0 saturated carbocycles. The first kappa shape index (κ1) is 17.9. The minimum Gasteiger partial charge on any atom is -0.379 e. The Hall–Kier alpha value is -3.50. The van der Waals surface area contributed by atoms with Gasteiger partial charge in [-0.2, -0.15) is 9.67 Å². The van der Waals surface area contributed by atoms with E-state index in [9.17, 15) is 4.79 Å². The SMILES string of the molecule is NC(=O)c1ccc(-n2nc(N(c3ccccc3)N3CCOCC3)nc2N)nc1. The summed E-state index contributed by atoms with van der Waals surface area (Å²) in [4.78, 5) is 19.9. The van der Waals surface area contributed by atoms with Crippen LogP contribution in [0.1, 0.15) is 10.4 Å². The van der Waals surface area contributed by atoms with E-state index in [0.29, 0.717) is 43.6 Å². The molecule has 1 aliphatic heterocycles. The third-order valence-electron chi connectivity index (χ3n) is 4.33. The van der Waals surface area contributed by atoms with Crippen LogP contribution in [0.5, 0.6) is 0 Å². The summed E-state index contributed by atoms with van der Waals surface area (Å²) >= 11 is 0. The minimum atomic E-state index is -0.547. The van der Waals surface area contributed by atoms with Crippen LogP contribution in [0.15, 0.2) is 48.7 Å². The number of nitrogen functional groups attached to an aromatic ring is 1. The zero-order valence-corrected chi connectivity index (χ0v) is 15.1. The summed E-state index contributed by atoms with van der Waals surface area (Å²) in [5.74, 6) is 0.500. The smallest absolute Gasteiger partial charge is 0.266 e. The highest BCUT2D eigenvalue weighted by molar-refractivity contribution is 5.92. The number of hydrogen-bond donors (Lipinski definition) is 2. The number of carbonyl (C=O) groups is 1. The number of hydrazine groups is 1. The second kappa shape index (κ2) is 7.62. The fourth-order valence-corrected chi connectivity index (χ4v) is 2.96. The molecule has 2 aromatic heterocycles. The molecule has 0 bridgehead atoms. The molecule has 4 N–H and O–H groups in total. The van der Waals surface area contributed by atoms with Gasteiger partial charge in [0.25, 0.3) is 5.95 Å². The normalized spacial score (nSPS) is 14.7. The van der Waals surface area contributed by atoms with Crippen molar-refractivity contribution in [3.8, 4) is 5.82 Å². The van der Waals surface area contributed by atoms with Gasteiger partial charge in [0.05, 0.1) is 24.5 Å². The topological polar surface area (TPSA) is 128 Å². The predicted octanol–water partition coefficient (Wildman–Crippen LogP) is 0.729. The van der Waals surface area contributed by atoms with E-state index in [1.807, 2.05) is 35.3 Å². The number of ether oxygens (including phenoxy) is 1. The Balaban J connectivity index is 1.71. The Morgan fingerprint density at radius 1 is 1.11 bits per heavy atom. The molecule has 144 valence electrons. The molecule has 10 nitrogen and oxygen atoms in total. The van der Waals surface area contributed by atoms with E-state index >= 15 is 0 Å². The molecule has 28 heavy (non-hydrogen) atoms. The van der Waals surface area contributed by atoms with Crippen molar-refractivity contribution in [2.24, 2.45) is 5.73 Å². The van der Waals surface area contributed by atoms with Gasteiger partial charge in [0.2, 0.25) is 11.9 Å². The van der Waals surface area contributed by atoms with Gasteiger partial charge in [0.15, 0.2) is 5.82 Å². The van der Waals surface area contributed by atoms with Crippen molar-refractivity contribution in [1.29, 1.82) is 0 Å². The Morgan fingerprint density at radius 2 is 1.86 bits per heavy atom. The first-order chi connectivity index (χ1) is 13.6. The largest absolute Gasteiger partial charge is 0.379 e. The van der Waals surface area contributed by atoms with Crippen LogP contribution >= 0.6 is 0 Å². The number of nitrogens with two attached hydrogens (primary N) is 2. The maximum Gasteiger partial charge on any atom is 0.266 e. The van der Waals surface area contributed by atoms with Crippen LogP contribution in [0.4, 0.5) is 17.6 Å². The zero-order chi connectivity index (χ0) is 19.5. The number of anilines is 3. The molecule has 1 aliphatic rings. The van der Waals surface area contributed by atoms with E-state index in [-0.39, 0.29) is 5.95 Å². The summed E-state index contributed by atoms with van der Waals surface area (Å²) in [5, 5.41) is 8.59. The van der Waals surface area contributed by atoms with Crippen LogP contribution in [0.3, 0.4) is 0 Å². The Morgan fingerprint density at radius 3 is 2.50 bits per heavy atom. The average molecular weight is 380 g/mol. The first-order valence-electron chi connectivity index (χ1n) is 8.80. The molecule has 0 unspecified atom stereocenters. The summed E-state index contributed by atoms with van der Waals surface area (Å²) in [6, 6.07) is 13.0. The number of aromatic nitrogens is 4. The van der Waals surface area contributed by atoms with Crippen molar-refractivity contribution in [3.63, 3.8) is 0 Å². The number of hydrogen-bond acceptors (Lipinski definition) is 8. The van der Waals surface area contributed by atoms with Gasteiger partial charge in [0, 0.05) is 19.3 Å². The number of morpholine rings is 1. The third-order valence-corrected chi connectivity index (χ3v) is 4.33. The quantitative estimate of drug-likeness (QED) is 0.663. The van der Waals surface area contributed by atoms with Gasteiger partial charge in [-0.15, -0.1) is 5.10 Å². The lowest BCUT2D eigenvalue weighted by Crippen LogP contribution is -2.47. The molecule has 10 heteroatoms. The second-order valence-corrected chi connectivity index (χ2v) is 6.16. The number of carbonyl (C=O) groups excluding carboxylic acids is 1. The van der Waals surface area contributed by atoms with E-state index in [1.165, 1.54) is 10.9 Å². The molecule has 0 spiro atoms. The van der Waals surface area contributed by atoms with E-state index in [0.717, 1.165) is 5.69 Å². The first-order valence-corrected chi connectivity index (χ1v) is 8.80. The van der Waals surface area contributed by atoms with Gasteiger partial charge < -0.3 is 16.2 Å². The van der Waals surface area contributed by atoms with Crippen LogP contribution in [0.2, 0.25) is 0 Å². The lowest BCUT2D eigenvalue weighted by Gasteiger charge is -2.36. The summed E-state index contributed by atoms with van der Waals surface area (Å²) in [6.07, 6.45) is 1.38. The van der Waals surface area contributed by atoms with Gasteiger partial charge in [-0.05, 0) is 24.3 Å². The molecular formula is C18H20N8O2. The van der Waals surface area contributed by atoms with Crippen molar-refractivity contribution in [1.82, 2.24) is 24.8 Å². The summed E-state index contributed by atoms with van der Waals surface area (Å²) < 4.78 is 6.89. The number of para-hydroxylation sites is 1. The lowest BCUT2D eigenvalue weighted by atomic mass is 10.3. The van der Waals surface area contributed by atoms with Crippen LogP contribution in [-0.2, 0) is 4.74 Å². The summed E-state index contributed by atoms with van der Waals surface area (Å²) in [5.41, 5.74) is 12.6. The highest BCUT2D eigenvalue weighted by Gasteiger charge is 2.25. The molecular weight excluding hydrogens is 360 g/mol. The molecule has 1 saturated heterocycles. The van der Waals surface area contributed by atoms with Crippen molar-refractivity contribution in [2.45, 2.75) is 0 Å². The van der Waals surface area contributed by atoms with Gasteiger partial charge in [-0.25, -0.2) is 15.0 Å². The van der Waals surface area contributed by atoms with Gasteiger partial charge in [-0.1, -0.05) is 18.2 Å². The number of amides is 1. The molecule has 3 heterocycles. The van der Waals surface area contributed by atoms with Crippen molar-refractivity contribution < 1.29 is 9.53 Å². The van der Waals surface area contributed by atoms with Crippen LogP contribution in [0, 0.1) is 0 Å². The molecule has 1 amide bonds. The number of primary amides is 1. The molecule has 0 aliphatic carbocycles. The average Bonchev–Trinajstić information content (AvgIpc) is 3.11. The number of rotatable bonds is 5. The van der Waals surface area contributed by atoms with Gasteiger partial charge in [-0.3, -0.25) is 4.79 Å². The molecule has 0 atom stereocenters. The minimum absolute atomic E-state index is 0.184. The van der Waals surface area contributed by atoms with E-state index in [4.69, 9.17) is 16.2 Å². The maximum atomic E-state index is 11.2. The highest BCUT2D eigenvalue weighted by Crippen LogP contribution is 2.26. The third kappa shape index (κ3) is 3.50. The second-order valence-electron chi connectivity index (χ2n) is 6.16. The van der Waals surface area contributed by atoms with E-state index in [2.05, 4.69) is 20.1 Å². The maximum absolute atomic E-state index is 11.2. The molecule has 3 aromatic rings. The van der Waals surface area contributed by atoms with E-state index in [1.54, 1.807) is 12.1 Å². The Bertz CT molecular complexity index is 951. The Labute approximate surface area is 161 Å². The van der Waals surface area contributed by atoms with Crippen molar-refractivity contribution in [2.75, 3.05) is 37.0 Å². The number of nitrogens with zero attached hydrogens (tertiary/aromatic N) is 6. The fraction of sp³-hybridized carbons (Fsp3) is 0.222. The van der Waals surface area contributed by atoms with Crippen molar-refractivity contribution in [3.05, 3.63) is 54.2 Å². The fourth-order valence-electron chi connectivity index (χ4n) is 2.96. The van der Waals surface area contributed by atoms with E-state index < -0.39 is 5.91 Å². The number of benzene rings is 1. The lowest BCUT2D eigenvalue weighted by molar-refractivity contribution is 0.0371. The standard InChI is InChI=1S/C18H20N8O2/c19-16(27)13-6-7-15(21-12-13)25-17(20)22-18(23-25)26(14-4-2-1-3-5-14)24-8-10-28-11-9-24/h1-7,12H,8-11H2,(H2,19,27)(H2,20,22,23). The van der Waals surface area contributed by atoms with Gasteiger partial charge >= 0.3 is 0 Å². The van der Waals surface area contributed by atoms with Crippen molar-refractivity contribution >= 4 is 23.5 Å². The zero-order valence-electron chi connectivity index (χ0n) is 15.1. The van der Waals surface area contributed by atoms with Crippen LogP contribution in [0.25, 0.3) is 5.82 Å². The molecule has 0 radical (unpaired) electrons. The Kier molecular flexibility index (Phi) is 4.87. The highest BCUT2D eigenvalue weighted by atomic mass is 16.5. The predicted molar refractivity (Wildman–Crippen MR) is 103 cm³/mol. The van der Waals surface area contributed by atoms with Crippen LogP contribution in [-0.4, -0.2) is 57.0 Å². The monoisotopic (exact) mass is 380 g/mol. The molecule has 1 aromatic carbocycles. The molecule has 1 fully saturated rings. The van der Waals surface area contributed by atoms with Crippen LogP contribution < -0.4 is 16.5 Å². The molecule has 4 rings (SSSR count). The summed E-state index contributed by atoms with van der Waals surface area (Å²) in [6.45, 7) is 2.65.